The van der Waals surface area contributed by atoms with Crippen molar-refractivity contribution in [3.63, 3.8) is 0 Å². The molecule has 3 atom stereocenters. The van der Waals surface area contributed by atoms with E-state index in [4.69, 9.17) is 15.9 Å². The Bertz CT molecular complexity index is 76.5. The van der Waals surface area contributed by atoms with Crippen LogP contribution in [0.4, 0.5) is 0 Å². The van der Waals surface area contributed by atoms with E-state index in [1.807, 2.05) is 0 Å². The van der Waals surface area contributed by atoms with Gasteiger partial charge in [-0.1, -0.05) is 0 Å². The van der Waals surface area contributed by atoms with E-state index in [9.17, 15) is 0 Å². The van der Waals surface area contributed by atoms with Crippen molar-refractivity contribution in [1.29, 1.82) is 0 Å². The van der Waals surface area contributed by atoms with Gasteiger partial charge in [0.05, 0.1) is 18.2 Å². The van der Waals surface area contributed by atoms with Crippen molar-refractivity contribution in [3.8, 4) is 0 Å². The molecular formula is C5H11NO2. The second-order valence-corrected chi connectivity index (χ2v) is 2.29. The van der Waals surface area contributed by atoms with E-state index in [0.29, 0.717) is 12.8 Å². The highest BCUT2D eigenvalue weighted by molar-refractivity contribution is 4.86. The molecule has 0 radical (unpaired) electrons. The van der Waals surface area contributed by atoms with Crippen molar-refractivity contribution in [2.24, 2.45) is 5.73 Å². The minimum absolute atomic E-state index is 0.407. The van der Waals surface area contributed by atoms with Crippen LogP contribution in [0.1, 0.15) is 12.8 Å². The molecule has 0 aromatic carbocycles. The Hall–Kier alpha value is -0.120. The molecule has 3 nitrogen and oxygen atoms in total. The SMILES string of the molecule is N[C@H]1[C@H](O)CC[C@@H]1O. The van der Waals surface area contributed by atoms with Crippen molar-refractivity contribution in [2.75, 3.05) is 0 Å². The lowest BCUT2D eigenvalue weighted by Gasteiger charge is -2.10. The van der Waals surface area contributed by atoms with Gasteiger partial charge in [-0.25, -0.2) is 0 Å². The summed E-state index contributed by atoms with van der Waals surface area (Å²) >= 11 is 0. The summed E-state index contributed by atoms with van der Waals surface area (Å²) in [5.74, 6) is 0. The minimum Gasteiger partial charge on any atom is -0.391 e. The van der Waals surface area contributed by atoms with Gasteiger partial charge in [0.2, 0.25) is 0 Å². The maximum atomic E-state index is 8.88. The predicted octanol–water partition coefficient (Wildman–Crippen LogP) is -1.17. The fourth-order valence-corrected chi connectivity index (χ4v) is 0.983. The number of rotatable bonds is 0. The van der Waals surface area contributed by atoms with E-state index >= 15 is 0 Å². The molecule has 0 amide bonds. The van der Waals surface area contributed by atoms with Crippen LogP contribution in [0, 0.1) is 0 Å². The van der Waals surface area contributed by atoms with E-state index in [2.05, 4.69) is 0 Å². The van der Waals surface area contributed by atoms with Crippen LogP contribution in [0.5, 0.6) is 0 Å². The van der Waals surface area contributed by atoms with Gasteiger partial charge in [0.25, 0.3) is 0 Å². The number of aliphatic hydroxyl groups is 2. The molecule has 0 spiro atoms. The average Bonchev–Trinajstić information content (AvgIpc) is 1.98. The molecule has 1 rings (SSSR count). The van der Waals surface area contributed by atoms with Crippen LogP contribution in [0.3, 0.4) is 0 Å². The monoisotopic (exact) mass is 117 g/mol. The highest BCUT2D eigenvalue weighted by Gasteiger charge is 2.29. The first-order valence-electron chi connectivity index (χ1n) is 2.83. The zero-order chi connectivity index (χ0) is 6.15. The van der Waals surface area contributed by atoms with E-state index < -0.39 is 18.2 Å². The average molecular weight is 117 g/mol. The Kier molecular flexibility index (Phi) is 1.51. The largest absolute Gasteiger partial charge is 0.391 e. The maximum Gasteiger partial charge on any atom is 0.0717 e. The zero-order valence-electron chi connectivity index (χ0n) is 4.62. The molecule has 1 aliphatic carbocycles. The lowest BCUT2D eigenvalue weighted by atomic mass is 10.2. The topological polar surface area (TPSA) is 66.5 Å². The molecular weight excluding hydrogens is 106 g/mol. The molecule has 1 aliphatic rings. The molecule has 0 bridgehead atoms. The third-order valence-corrected chi connectivity index (χ3v) is 1.65. The van der Waals surface area contributed by atoms with Gasteiger partial charge in [-0.2, -0.15) is 0 Å². The molecule has 1 fully saturated rings. The number of hydrogen-bond donors (Lipinski definition) is 3. The molecule has 4 N–H and O–H groups in total. The highest BCUT2D eigenvalue weighted by Crippen LogP contribution is 2.16. The third-order valence-electron chi connectivity index (χ3n) is 1.65. The summed E-state index contributed by atoms with van der Waals surface area (Å²) in [5.41, 5.74) is 5.32. The molecule has 48 valence electrons. The number of nitrogens with two attached hydrogens (primary N) is 1. The van der Waals surface area contributed by atoms with Gasteiger partial charge in [0, 0.05) is 0 Å². The molecule has 0 aromatic heterocycles. The Morgan fingerprint density at radius 3 is 1.62 bits per heavy atom. The molecule has 0 aromatic rings. The second kappa shape index (κ2) is 2.01. The molecule has 3 heteroatoms. The fraction of sp³-hybridized carbons (Fsp3) is 1.00. The van der Waals surface area contributed by atoms with Crippen LogP contribution in [0.15, 0.2) is 0 Å². The van der Waals surface area contributed by atoms with Crippen molar-refractivity contribution in [1.82, 2.24) is 0 Å². The van der Waals surface area contributed by atoms with Crippen molar-refractivity contribution in [3.05, 3.63) is 0 Å². The van der Waals surface area contributed by atoms with Gasteiger partial charge < -0.3 is 15.9 Å². The lowest BCUT2D eigenvalue weighted by Crippen LogP contribution is -2.37. The van der Waals surface area contributed by atoms with Crippen molar-refractivity contribution in [2.45, 2.75) is 31.1 Å². The second-order valence-electron chi connectivity index (χ2n) is 2.29. The summed E-state index contributed by atoms with van der Waals surface area (Å²) in [6, 6.07) is -0.407. The first-order chi connectivity index (χ1) is 3.72. The van der Waals surface area contributed by atoms with Crippen molar-refractivity contribution >= 4 is 0 Å². The van der Waals surface area contributed by atoms with Gasteiger partial charge in [-0.05, 0) is 12.8 Å². The Balaban J connectivity index is 2.44. The quantitative estimate of drug-likeness (QED) is 0.374. The summed E-state index contributed by atoms with van der Waals surface area (Å²) in [4.78, 5) is 0. The van der Waals surface area contributed by atoms with Gasteiger partial charge in [0.1, 0.15) is 0 Å². The van der Waals surface area contributed by atoms with Gasteiger partial charge in [-0.3, -0.25) is 0 Å². The fourth-order valence-electron chi connectivity index (χ4n) is 0.983. The van der Waals surface area contributed by atoms with Crippen LogP contribution in [0.2, 0.25) is 0 Å². The molecule has 0 heterocycles. The number of aliphatic hydroxyl groups excluding tert-OH is 2. The molecule has 8 heavy (non-hydrogen) atoms. The minimum atomic E-state index is -0.481. The van der Waals surface area contributed by atoms with Gasteiger partial charge in [-0.15, -0.1) is 0 Å². The highest BCUT2D eigenvalue weighted by atomic mass is 16.3. The third kappa shape index (κ3) is 0.844. The Labute approximate surface area is 48.1 Å². The standard InChI is InChI=1S/C5H11NO2/c6-5-3(7)1-2-4(5)8/h3-5,7-8H,1-2,6H2/t3-,4+,5+. The van der Waals surface area contributed by atoms with Crippen LogP contribution in [-0.4, -0.2) is 28.5 Å². The molecule has 0 saturated heterocycles. The van der Waals surface area contributed by atoms with Crippen LogP contribution in [-0.2, 0) is 0 Å². The Morgan fingerprint density at radius 2 is 1.50 bits per heavy atom. The number of hydrogen-bond acceptors (Lipinski definition) is 3. The summed E-state index contributed by atoms with van der Waals surface area (Å²) in [6.45, 7) is 0. The Morgan fingerprint density at radius 1 is 1.12 bits per heavy atom. The van der Waals surface area contributed by atoms with E-state index in [1.54, 1.807) is 0 Å². The summed E-state index contributed by atoms with van der Waals surface area (Å²) < 4.78 is 0. The first-order valence-corrected chi connectivity index (χ1v) is 2.83. The van der Waals surface area contributed by atoms with E-state index in [1.165, 1.54) is 0 Å². The van der Waals surface area contributed by atoms with Gasteiger partial charge in [0.15, 0.2) is 0 Å². The van der Waals surface area contributed by atoms with E-state index in [-0.39, 0.29) is 0 Å². The van der Waals surface area contributed by atoms with Gasteiger partial charge >= 0.3 is 0 Å². The van der Waals surface area contributed by atoms with E-state index in [0.717, 1.165) is 0 Å². The smallest absolute Gasteiger partial charge is 0.0717 e. The normalized spacial score (nSPS) is 47.6. The summed E-state index contributed by atoms with van der Waals surface area (Å²) in [6.07, 6.45) is 0.319. The predicted molar refractivity (Wildman–Crippen MR) is 29.2 cm³/mol. The zero-order valence-corrected chi connectivity index (χ0v) is 4.62. The molecule has 0 unspecified atom stereocenters. The lowest BCUT2D eigenvalue weighted by molar-refractivity contribution is 0.110. The van der Waals surface area contributed by atoms with Crippen LogP contribution < -0.4 is 5.73 Å². The summed E-state index contributed by atoms with van der Waals surface area (Å²) in [7, 11) is 0. The van der Waals surface area contributed by atoms with Crippen LogP contribution >= 0.6 is 0 Å². The first kappa shape index (κ1) is 6.01. The maximum absolute atomic E-state index is 8.88. The summed E-state index contributed by atoms with van der Waals surface area (Å²) in [5, 5.41) is 17.8. The van der Waals surface area contributed by atoms with Crippen LogP contribution in [0.25, 0.3) is 0 Å². The van der Waals surface area contributed by atoms with Crippen molar-refractivity contribution < 1.29 is 10.2 Å². The molecule has 0 aliphatic heterocycles. The molecule has 1 saturated carbocycles.